The standard InChI is InChI=1S/C12H15N3O2/c1-7-5-3-4-6-9(7)8(2)10(13)11-14-15-12(16)17-11/h3-6,8,10H,13H2,1-2H3,(H,15,16). The van der Waals surface area contributed by atoms with E-state index < -0.39 is 11.8 Å². The monoisotopic (exact) mass is 233 g/mol. The van der Waals surface area contributed by atoms with Crippen LogP contribution in [0, 0.1) is 6.92 Å². The highest BCUT2D eigenvalue weighted by Crippen LogP contribution is 2.28. The van der Waals surface area contributed by atoms with Gasteiger partial charge in [0, 0.05) is 5.92 Å². The Morgan fingerprint density at radius 1 is 1.41 bits per heavy atom. The number of nitrogens with two attached hydrogens (primary N) is 1. The molecule has 0 bridgehead atoms. The Balaban J connectivity index is 2.29. The minimum absolute atomic E-state index is 0.0302. The third-order valence-corrected chi connectivity index (χ3v) is 2.96. The quantitative estimate of drug-likeness (QED) is 0.840. The number of nitrogens with zero attached hydrogens (tertiary/aromatic N) is 1. The van der Waals surface area contributed by atoms with Crippen molar-refractivity contribution in [1.82, 2.24) is 10.2 Å². The van der Waals surface area contributed by atoms with E-state index in [1.54, 1.807) is 0 Å². The highest BCUT2D eigenvalue weighted by Gasteiger charge is 2.22. The van der Waals surface area contributed by atoms with Crippen molar-refractivity contribution in [3.05, 3.63) is 51.8 Å². The molecule has 1 heterocycles. The second-order valence-corrected chi connectivity index (χ2v) is 4.12. The van der Waals surface area contributed by atoms with Crippen LogP contribution in [0.2, 0.25) is 0 Å². The lowest BCUT2D eigenvalue weighted by molar-refractivity contribution is 0.401. The number of hydrogen-bond donors (Lipinski definition) is 2. The first-order chi connectivity index (χ1) is 8.09. The molecule has 2 aromatic rings. The highest BCUT2D eigenvalue weighted by molar-refractivity contribution is 5.30. The van der Waals surface area contributed by atoms with Crippen molar-refractivity contribution in [3.8, 4) is 0 Å². The molecule has 2 rings (SSSR count). The SMILES string of the molecule is Cc1ccccc1C(C)C(N)c1n[nH]c(=O)o1. The molecule has 90 valence electrons. The molecule has 0 amide bonds. The summed E-state index contributed by atoms with van der Waals surface area (Å²) in [7, 11) is 0. The molecule has 0 spiro atoms. The third-order valence-electron chi connectivity index (χ3n) is 2.96. The molecule has 2 unspecified atom stereocenters. The van der Waals surface area contributed by atoms with Gasteiger partial charge in [0.2, 0.25) is 5.89 Å². The van der Waals surface area contributed by atoms with E-state index in [1.807, 2.05) is 38.1 Å². The maximum atomic E-state index is 10.9. The molecule has 0 aliphatic heterocycles. The Kier molecular flexibility index (Phi) is 3.10. The topological polar surface area (TPSA) is 84.9 Å². The van der Waals surface area contributed by atoms with E-state index in [9.17, 15) is 4.79 Å². The predicted octanol–water partition coefficient (Wildman–Crippen LogP) is 1.47. The second-order valence-electron chi connectivity index (χ2n) is 4.12. The molecule has 5 heteroatoms. The van der Waals surface area contributed by atoms with Crippen molar-refractivity contribution in [2.75, 3.05) is 0 Å². The van der Waals surface area contributed by atoms with Crippen molar-refractivity contribution >= 4 is 0 Å². The Bertz CT molecular complexity index is 559. The summed E-state index contributed by atoms with van der Waals surface area (Å²) in [4.78, 5) is 10.9. The molecule has 2 atom stereocenters. The number of nitrogens with one attached hydrogen (secondary N) is 1. The highest BCUT2D eigenvalue weighted by atomic mass is 16.4. The molecule has 0 fully saturated rings. The molecule has 0 aliphatic carbocycles. The maximum absolute atomic E-state index is 10.9. The van der Waals surface area contributed by atoms with E-state index in [-0.39, 0.29) is 11.8 Å². The fourth-order valence-corrected chi connectivity index (χ4v) is 1.89. The first-order valence-corrected chi connectivity index (χ1v) is 5.46. The number of hydrogen-bond acceptors (Lipinski definition) is 4. The fraction of sp³-hybridized carbons (Fsp3) is 0.333. The van der Waals surface area contributed by atoms with E-state index in [0.29, 0.717) is 0 Å². The minimum atomic E-state index is -0.576. The summed E-state index contributed by atoms with van der Waals surface area (Å²) in [6.07, 6.45) is 0. The van der Waals surface area contributed by atoms with Gasteiger partial charge in [-0.25, -0.2) is 9.89 Å². The largest absolute Gasteiger partial charge is 0.434 e. The number of aryl methyl sites for hydroxylation is 1. The average molecular weight is 233 g/mol. The lowest BCUT2D eigenvalue weighted by Crippen LogP contribution is -2.19. The summed E-state index contributed by atoms with van der Waals surface area (Å²) in [6, 6.07) is 7.55. The van der Waals surface area contributed by atoms with Gasteiger partial charge < -0.3 is 10.2 Å². The summed E-state index contributed by atoms with van der Waals surface area (Å²) >= 11 is 0. The Hall–Kier alpha value is -1.88. The number of rotatable bonds is 3. The summed E-state index contributed by atoms with van der Waals surface area (Å²) in [6.45, 7) is 4.01. The predicted molar refractivity (Wildman–Crippen MR) is 63.6 cm³/mol. The van der Waals surface area contributed by atoms with Crippen molar-refractivity contribution in [2.45, 2.75) is 25.8 Å². The molecule has 17 heavy (non-hydrogen) atoms. The molecule has 0 radical (unpaired) electrons. The van der Waals surface area contributed by atoms with Crippen LogP contribution in [-0.2, 0) is 0 Å². The maximum Gasteiger partial charge on any atom is 0.434 e. The zero-order chi connectivity index (χ0) is 12.4. The van der Waals surface area contributed by atoms with Crippen molar-refractivity contribution in [2.24, 2.45) is 5.73 Å². The van der Waals surface area contributed by atoms with Crippen LogP contribution in [0.15, 0.2) is 33.5 Å². The molecule has 3 N–H and O–H groups in total. The van der Waals surface area contributed by atoms with Crippen LogP contribution in [0.5, 0.6) is 0 Å². The van der Waals surface area contributed by atoms with Crippen molar-refractivity contribution in [1.29, 1.82) is 0 Å². The number of H-pyrrole nitrogens is 1. The summed E-state index contributed by atoms with van der Waals surface area (Å²) in [5, 5.41) is 5.98. The third kappa shape index (κ3) is 2.29. The van der Waals surface area contributed by atoms with E-state index in [0.717, 1.165) is 11.1 Å². The molecular formula is C12H15N3O2. The van der Waals surface area contributed by atoms with E-state index in [4.69, 9.17) is 10.2 Å². The van der Waals surface area contributed by atoms with Crippen LogP contribution in [0.1, 0.15) is 35.9 Å². The molecular weight excluding hydrogens is 218 g/mol. The van der Waals surface area contributed by atoms with Crippen LogP contribution >= 0.6 is 0 Å². The first kappa shape index (κ1) is 11.6. The zero-order valence-corrected chi connectivity index (χ0v) is 9.81. The first-order valence-electron chi connectivity index (χ1n) is 5.46. The van der Waals surface area contributed by atoms with E-state index in [2.05, 4.69) is 10.2 Å². The van der Waals surface area contributed by atoms with E-state index >= 15 is 0 Å². The van der Waals surface area contributed by atoms with Crippen molar-refractivity contribution in [3.63, 3.8) is 0 Å². The summed E-state index contributed by atoms with van der Waals surface area (Å²) in [5.41, 5.74) is 8.33. The fourth-order valence-electron chi connectivity index (χ4n) is 1.89. The van der Waals surface area contributed by atoms with Crippen LogP contribution in [0.25, 0.3) is 0 Å². The van der Waals surface area contributed by atoms with Crippen LogP contribution < -0.4 is 11.5 Å². The average Bonchev–Trinajstić information content (AvgIpc) is 2.75. The summed E-state index contributed by atoms with van der Waals surface area (Å²) < 4.78 is 4.88. The number of aromatic amines is 1. The molecule has 1 aromatic heterocycles. The van der Waals surface area contributed by atoms with Gasteiger partial charge in [-0.05, 0) is 18.1 Å². The van der Waals surface area contributed by atoms with Gasteiger partial charge in [0.05, 0.1) is 6.04 Å². The van der Waals surface area contributed by atoms with Gasteiger partial charge >= 0.3 is 5.76 Å². The zero-order valence-electron chi connectivity index (χ0n) is 9.81. The smallest absolute Gasteiger partial charge is 0.391 e. The molecule has 0 saturated heterocycles. The van der Waals surface area contributed by atoms with Gasteiger partial charge in [0.15, 0.2) is 0 Å². The van der Waals surface area contributed by atoms with Gasteiger partial charge in [-0.3, -0.25) is 0 Å². The van der Waals surface area contributed by atoms with Crippen molar-refractivity contribution < 1.29 is 4.42 Å². The Morgan fingerprint density at radius 2 is 2.12 bits per heavy atom. The normalized spacial score (nSPS) is 14.5. The van der Waals surface area contributed by atoms with Gasteiger partial charge in [-0.15, -0.1) is 5.10 Å². The molecule has 1 aromatic carbocycles. The Morgan fingerprint density at radius 3 is 2.71 bits per heavy atom. The van der Waals surface area contributed by atoms with Crippen LogP contribution in [0.4, 0.5) is 0 Å². The summed E-state index contributed by atoms with van der Waals surface area (Å²) in [5.74, 6) is -0.305. The molecule has 0 saturated carbocycles. The number of aromatic nitrogens is 2. The minimum Gasteiger partial charge on any atom is -0.391 e. The number of benzene rings is 1. The molecule has 0 aliphatic rings. The van der Waals surface area contributed by atoms with Gasteiger partial charge in [-0.2, -0.15) is 0 Å². The second kappa shape index (κ2) is 4.55. The lowest BCUT2D eigenvalue weighted by atomic mass is 9.90. The van der Waals surface area contributed by atoms with Crippen LogP contribution in [-0.4, -0.2) is 10.2 Å². The van der Waals surface area contributed by atoms with Gasteiger partial charge in [0.25, 0.3) is 0 Å². The van der Waals surface area contributed by atoms with Gasteiger partial charge in [-0.1, -0.05) is 31.2 Å². The molecule has 5 nitrogen and oxygen atoms in total. The lowest BCUT2D eigenvalue weighted by Gasteiger charge is -2.18. The van der Waals surface area contributed by atoms with Gasteiger partial charge in [0.1, 0.15) is 0 Å². The van der Waals surface area contributed by atoms with E-state index in [1.165, 1.54) is 0 Å². The Labute approximate surface area is 98.7 Å². The van der Waals surface area contributed by atoms with Crippen LogP contribution in [0.3, 0.4) is 0 Å².